The zero-order valence-corrected chi connectivity index (χ0v) is 13.4. The molecule has 2 aromatic rings. The molecule has 0 atom stereocenters. The van der Waals surface area contributed by atoms with Gasteiger partial charge in [-0.05, 0) is 12.1 Å². The standard InChI is InChI=1S/C16H22N6O/c1-21(14-5-3-2-4-6-14)15-13-18-20-16(19-15)17-7-8-22-9-11-23-12-10-22/h2-6,13H,7-12H2,1H3,(H,17,19,20). The van der Waals surface area contributed by atoms with Gasteiger partial charge in [-0.2, -0.15) is 10.1 Å². The maximum Gasteiger partial charge on any atom is 0.244 e. The Morgan fingerprint density at radius 2 is 2.00 bits per heavy atom. The first-order chi connectivity index (χ1) is 11.3. The molecule has 1 aromatic carbocycles. The summed E-state index contributed by atoms with van der Waals surface area (Å²) in [4.78, 5) is 8.88. The maximum absolute atomic E-state index is 5.35. The van der Waals surface area contributed by atoms with Crippen LogP contribution in [-0.2, 0) is 4.74 Å². The van der Waals surface area contributed by atoms with E-state index < -0.39 is 0 Å². The third kappa shape index (κ3) is 4.37. The second-order valence-corrected chi connectivity index (χ2v) is 5.41. The molecule has 0 amide bonds. The van der Waals surface area contributed by atoms with Crippen LogP contribution in [0.5, 0.6) is 0 Å². The molecule has 0 bridgehead atoms. The molecule has 1 fully saturated rings. The monoisotopic (exact) mass is 314 g/mol. The van der Waals surface area contributed by atoms with Crippen molar-refractivity contribution in [2.75, 3.05) is 56.7 Å². The third-order valence-corrected chi connectivity index (χ3v) is 3.85. The van der Waals surface area contributed by atoms with Crippen molar-refractivity contribution in [1.82, 2.24) is 20.1 Å². The van der Waals surface area contributed by atoms with Crippen LogP contribution in [0.3, 0.4) is 0 Å². The van der Waals surface area contributed by atoms with E-state index in [1.807, 2.05) is 42.3 Å². The Kier molecular flexibility index (Phi) is 5.33. The van der Waals surface area contributed by atoms with E-state index in [2.05, 4.69) is 25.4 Å². The van der Waals surface area contributed by atoms with Crippen LogP contribution >= 0.6 is 0 Å². The van der Waals surface area contributed by atoms with Crippen molar-refractivity contribution in [1.29, 1.82) is 0 Å². The fourth-order valence-corrected chi connectivity index (χ4v) is 2.47. The zero-order valence-electron chi connectivity index (χ0n) is 13.4. The van der Waals surface area contributed by atoms with Crippen LogP contribution in [-0.4, -0.2) is 66.5 Å². The fourth-order valence-electron chi connectivity index (χ4n) is 2.47. The molecule has 0 radical (unpaired) electrons. The van der Waals surface area contributed by atoms with Crippen molar-refractivity contribution in [3.05, 3.63) is 36.5 Å². The quantitative estimate of drug-likeness (QED) is 0.864. The Morgan fingerprint density at radius 3 is 2.78 bits per heavy atom. The Hall–Kier alpha value is -2.25. The number of nitrogens with zero attached hydrogens (tertiary/aromatic N) is 5. The van der Waals surface area contributed by atoms with Gasteiger partial charge in [0.25, 0.3) is 0 Å². The highest BCUT2D eigenvalue weighted by atomic mass is 16.5. The van der Waals surface area contributed by atoms with E-state index >= 15 is 0 Å². The number of anilines is 3. The molecule has 23 heavy (non-hydrogen) atoms. The van der Waals surface area contributed by atoms with Crippen LogP contribution in [0, 0.1) is 0 Å². The smallest absolute Gasteiger partial charge is 0.244 e. The van der Waals surface area contributed by atoms with E-state index in [4.69, 9.17) is 4.74 Å². The van der Waals surface area contributed by atoms with E-state index in [-0.39, 0.29) is 0 Å². The molecular formula is C16H22N6O. The van der Waals surface area contributed by atoms with Gasteiger partial charge in [0.2, 0.25) is 5.95 Å². The van der Waals surface area contributed by atoms with Gasteiger partial charge in [0, 0.05) is 38.9 Å². The minimum absolute atomic E-state index is 0.554. The summed E-state index contributed by atoms with van der Waals surface area (Å²) in [6.07, 6.45) is 1.67. The Balaban J connectivity index is 1.56. The highest BCUT2D eigenvalue weighted by Gasteiger charge is 2.10. The van der Waals surface area contributed by atoms with Crippen LogP contribution in [0.4, 0.5) is 17.5 Å². The molecule has 1 aromatic heterocycles. The number of morpholine rings is 1. The van der Waals surface area contributed by atoms with Gasteiger partial charge in [-0.1, -0.05) is 18.2 Å². The second-order valence-electron chi connectivity index (χ2n) is 5.41. The average molecular weight is 314 g/mol. The van der Waals surface area contributed by atoms with Crippen molar-refractivity contribution >= 4 is 17.5 Å². The summed E-state index contributed by atoms with van der Waals surface area (Å²) in [5.74, 6) is 1.32. The fraction of sp³-hybridized carbons (Fsp3) is 0.438. The predicted octanol–water partition coefficient (Wildman–Crippen LogP) is 1.38. The molecule has 2 heterocycles. The Bertz CT molecular complexity index is 603. The largest absolute Gasteiger partial charge is 0.379 e. The second kappa shape index (κ2) is 7.85. The SMILES string of the molecule is CN(c1ccccc1)c1cnnc(NCCN2CCOCC2)n1. The van der Waals surface area contributed by atoms with Crippen molar-refractivity contribution in [2.24, 2.45) is 0 Å². The predicted molar refractivity (Wildman–Crippen MR) is 90.1 cm³/mol. The molecule has 0 aliphatic carbocycles. The molecule has 0 spiro atoms. The number of para-hydroxylation sites is 1. The van der Waals surface area contributed by atoms with Gasteiger partial charge >= 0.3 is 0 Å². The highest BCUT2D eigenvalue weighted by Crippen LogP contribution is 2.20. The number of hydrogen-bond acceptors (Lipinski definition) is 7. The first kappa shape index (κ1) is 15.6. The van der Waals surface area contributed by atoms with Crippen LogP contribution < -0.4 is 10.2 Å². The molecule has 3 rings (SSSR count). The molecule has 1 aliphatic rings. The lowest BCUT2D eigenvalue weighted by molar-refractivity contribution is 0.0398. The molecule has 122 valence electrons. The minimum atomic E-state index is 0.554. The van der Waals surface area contributed by atoms with Gasteiger partial charge in [-0.25, -0.2) is 0 Å². The molecule has 1 N–H and O–H groups in total. The minimum Gasteiger partial charge on any atom is -0.379 e. The third-order valence-electron chi connectivity index (χ3n) is 3.85. The van der Waals surface area contributed by atoms with Gasteiger partial charge in [0.1, 0.15) is 0 Å². The summed E-state index contributed by atoms with van der Waals surface area (Å²) in [7, 11) is 1.97. The first-order valence-corrected chi connectivity index (χ1v) is 7.85. The van der Waals surface area contributed by atoms with Gasteiger partial charge in [0.15, 0.2) is 5.82 Å². The van der Waals surface area contributed by atoms with Crippen molar-refractivity contribution < 1.29 is 4.74 Å². The maximum atomic E-state index is 5.35. The lowest BCUT2D eigenvalue weighted by Gasteiger charge is -2.26. The summed E-state index contributed by atoms with van der Waals surface area (Å²) in [5.41, 5.74) is 1.06. The molecular weight excluding hydrogens is 292 g/mol. The summed E-state index contributed by atoms with van der Waals surface area (Å²) in [6, 6.07) is 10.1. The van der Waals surface area contributed by atoms with Crippen molar-refractivity contribution in [3.8, 4) is 0 Å². The lowest BCUT2D eigenvalue weighted by atomic mass is 10.3. The average Bonchev–Trinajstić information content (AvgIpc) is 2.63. The van der Waals surface area contributed by atoms with Crippen LogP contribution in [0.15, 0.2) is 36.5 Å². The molecule has 1 saturated heterocycles. The van der Waals surface area contributed by atoms with E-state index in [1.165, 1.54) is 0 Å². The normalized spacial score (nSPS) is 15.3. The highest BCUT2D eigenvalue weighted by molar-refractivity contribution is 5.58. The van der Waals surface area contributed by atoms with Gasteiger partial charge in [-0.15, -0.1) is 5.10 Å². The summed E-state index contributed by atoms with van der Waals surface area (Å²) < 4.78 is 5.35. The molecule has 1 aliphatic heterocycles. The van der Waals surface area contributed by atoms with Crippen LogP contribution in [0.25, 0.3) is 0 Å². The molecule has 0 unspecified atom stereocenters. The summed E-state index contributed by atoms with van der Waals surface area (Å²) >= 11 is 0. The van der Waals surface area contributed by atoms with E-state index in [0.717, 1.165) is 50.9 Å². The van der Waals surface area contributed by atoms with E-state index in [0.29, 0.717) is 5.95 Å². The first-order valence-electron chi connectivity index (χ1n) is 7.85. The topological polar surface area (TPSA) is 66.4 Å². The molecule has 7 heteroatoms. The van der Waals surface area contributed by atoms with E-state index in [9.17, 15) is 0 Å². The Labute approximate surface area is 136 Å². The summed E-state index contributed by atoms with van der Waals surface area (Å²) in [5, 5.41) is 11.3. The number of hydrogen-bond donors (Lipinski definition) is 1. The van der Waals surface area contributed by atoms with Crippen LogP contribution in [0.2, 0.25) is 0 Å². The number of benzene rings is 1. The zero-order chi connectivity index (χ0) is 15.9. The van der Waals surface area contributed by atoms with Gasteiger partial charge in [-0.3, -0.25) is 4.90 Å². The van der Waals surface area contributed by atoms with Gasteiger partial charge in [0.05, 0.1) is 19.4 Å². The number of nitrogens with one attached hydrogen (secondary N) is 1. The lowest BCUT2D eigenvalue weighted by Crippen LogP contribution is -2.39. The number of aromatic nitrogens is 3. The van der Waals surface area contributed by atoms with Crippen molar-refractivity contribution in [3.63, 3.8) is 0 Å². The molecule has 0 saturated carbocycles. The van der Waals surface area contributed by atoms with Crippen molar-refractivity contribution in [2.45, 2.75) is 0 Å². The van der Waals surface area contributed by atoms with Gasteiger partial charge < -0.3 is 15.0 Å². The van der Waals surface area contributed by atoms with E-state index in [1.54, 1.807) is 6.20 Å². The Morgan fingerprint density at radius 1 is 1.22 bits per heavy atom. The molecule has 7 nitrogen and oxygen atoms in total. The summed E-state index contributed by atoms with van der Waals surface area (Å²) in [6.45, 7) is 5.34. The number of ether oxygens (including phenoxy) is 1. The number of rotatable bonds is 6. The van der Waals surface area contributed by atoms with Crippen LogP contribution in [0.1, 0.15) is 0 Å².